The molecule has 2 aromatic heterocycles. The average molecular weight is 303 g/mol. The van der Waals surface area contributed by atoms with Crippen LogP contribution in [0.1, 0.15) is 36.7 Å². The second-order valence-electron chi connectivity index (χ2n) is 5.79. The SMILES string of the molecule is CC(=O)Nc1ccn(C2CCN(Cc3nc(C)c(C)o3)C2)n1. The van der Waals surface area contributed by atoms with Gasteiger partial charge in [-0.3, -0.25) is 14.4 Å². The zero-order valence-corrected chi connectivity index (χ0v) is 13.2. The van der Waals surface area contributed by atoms with E-state index in [1.54, 1.807) is 0 Å². The van der Waals surface area contributed by atoms with Crippen molar-refractivity contribution in [3.63, 3.8) is 0 Å². The van der Waals surface area contributed by atoms with Gasteiger partial charge in [-0.05, 0) is 20.3 Å². The van der Waals surface area contributed by atoms with Crippen molar-refractivity contribution in [2.75, 3.05) is 18.4 Å². The number of carbonyl (C=O) groups excluding carboxylic acids is 1. The lowest BCUT2D eigenvalue weighted by Gasteiger charge is -2.14. The molecule has 0 saturated carbocycles. The molecule has 118 valence electrons. The maximum absolute atomic E-state index is 11.0. The lowest BCUT2D eigenvalue weighted by Crippen LogP contribution is -2.21. The standard InChI is InChI=1S/C15H21N5O2/c1-10-11(2)22-15(16-10)9-19-6-4-13(8-19)20-7-5-14(18-20)17-12(3)21/h5,7,13H,4,6,8-9H2,1-3H3,(H,17,18,21). The summed E-state index contributed by atoms with van der Waals surface area (Å²) in [6.07, 6.45) is 2.94. The molecule has 1 N–H and O–H groups in total. The zero-order valence-electron chi connectivity index (χ0n) is 13.2. The number of aryl methyl sites for hydroxylation is 2. The Morgan fingerprint density at radius 3 is 3.00 bits per heavy atom. The summed E-state index contributed by atoms with van der Waals surface area (Å²) < 4.78 is 7.57. The van der Waals surface area contributed by atoms with Gasteiger partial charge in [-0.25, -0.2) is 4.98 Å². The van der Waals surface area contributed by atoms with Crippen molar-refractivity contribution in [2.45, 2.75) is 39.8 Å². The van der Waals surface area contributed by atoms with Gasteiger partial charge >= 0.3 is 0 Å². The topological polar surface area (TPSA) is 76.2 Å². The number of amides is 1. The van der Waals surface area contributed by atoms with Crippen LogP contribution in [0.15, 0.2) is 16.7 Å². The van der Waals surface area contributed by atoms with E-state index in [1.807, 2.05) is 30.8 Å². The highest BCUT2D eigenvalue weighted by molar-refractivity contribution is 5.87. The van der Waals surface area contributed by atoms with Gasteiger partial charge in [0, 0.05) is 32.3 Å². The van der Waals surface area contributed by atoms with Crippen LogP contribution < -0.4 is 5.32 Å². The van der Waals surface area contributed by atoms with Gasteiger partial charge in [0.2, 0.25) is 11.8 Å². The van der Waals surface area contributed by atoms with Gasteiger partial charge in [0.05, 0.1) is 18.3 Å². The Bertz CT molecular complexity index is 656. The molecule has 0 aliphatic carbocycles. The van der Waals surface area contributed by atoms with Crippen LogP contribution >= 0.6 is 0 Å². The van der Waals surface area contributed by atoms with Crippen LogP contribution in [0.2, 0.25) is 0 Å². The number of nitrogens with one attached hydrogen (secondary N) is 1. The summed E-state index contributed by atoms with van der Waals surface area (Å²) in [4.78, 5) is 17.8. The third-order valence-electron chi connectivity index (χ3n) is 3.97. The highest BCUT2D eigenvalue weighted by Gasteiger charge is 2.25. The van der Waals surface area contributed by atoms with Gasteiger partial charge in [0.25, 0.3) is 0 Å². The molecule has 0 aromatic carbocycles. The van der Waals surface area contributed by atoms with Crippen molar-refractivity contribution in [3.05, 3.63) is 29.6 Å². The first-order chi connectivity index (χ1) is 10.5. The summed E-state index contributed by atoms with van der Waals surface area (Å²) in [6.45, 7) is 8.00. The Morgan fingerprint density at radius 1 is 1.50 bits per heavy atom. The number of rotatable bonds is 4. The lowest BCUT2D eigenvalue weighted by atomic mass is 10.3. The van der Waals surface area contributed by atoms with E-state index in [4.69, 9.17) is 4.42 Å². The van der Waals surface area contributed by atoms with Gasteiger partial charge in [0.1, 0.15) is 5.76 Å². The molecule has 1 fully saturated rings. The summed E-state index contributed by atoms with van der Waals surface area (Å²) in [6, 6.07) is 2.14. The molecule has 1 saturated heterocycles. The molecule has 22 heavy (non-hydrogen) atoms. The van der Waals surface area contributed by atoms with Crippen LogP contribution in [-0.4, -0.2) is 38.7 Å². The lowest BCUT2D eigenvalue weighted by molar-refractivity contribution is -0.114. The average Bonchev–Trinajstić information content (AvgIpc) is 3.12. The van der Waals surface area contributed by atoms with Gasteiger partial charge in [-0.2, -0.15) is 5.10 Å². The van der Waals surface area contributed by atoms with E-state index in [2.05, 4.69) is 20.3 Å². The van der Waals surface area contributed by atoms with E-state index in [0.717, 1.165) is 43.4 Å². The summed E-state index contributed by atoms with van der Waals surface area (Å²) in [5.41, 5.74) is 0.956. The molecule has 3 rings (SSSR count). The van der Waals surface area contributed by atoms with Crippen LogP contribution in [0.3, 0.4) is 0 Å². The first kappa shape index (κ1) is 14.8. The van der Waals surface area contributed by atoms with E-state index in [-0.39, 0.29) is 5.91 Å². The zero-order chi connectivity index (χ0) is 15.7. The van der Waals surface area contributed by atoms with Gasteiger partial charge < -0.3 is 9.73 Å². The Balaban J connectivity index is 1.59. The number of oxazole rings is 1. The first-order valence-corrected chi connectivity index (χ1v) is 7.49. The first-order valence-electron chi connectivity index (χ1n) is 7.49. The summed E-state index contributed by atoms with van der Waals surface area (Å²) in [5, 5.41) is 7.11. The normalized spacial score (nSPS) is 18.8. The predicted octanol–water partition coefficient (Wildman–Crippen LogP) is 1.89. The molecule has 1 atom stereocenters. The second kappa shape index (κ2) is 5.92. The second-order valence-corrected chi connectivity index (χ2v) is 5.79. The molecule has 2 aromatic rings. The van der Waals surface area contributed by atoms with Gasteiger partial charge in [0.15, 0.2) is 5.82 Å². The third kappa shape index (κ3) is 3.19. The maximum Gasteiger partial charge on any atom is 0.222 e. The number of anilines is 1. The molecule has 7 nitrogen and oxygen atoms in total. The third-order valence-corrected chi connectivity index (χ3v) is 3.97. The Morgan fingerprint density at radius 2 is 2.32 bits per heavy atom. The number of carbonyl (C=O) groups is 1. The summed E-state index contributed by atoms with van der Waals surface area (Å²) in [7, 11) is 0. The number of hydrogen-bond acceptors (Lipinski definition) is 5. The predicted molar refractivity (Wildman–Crippen MR) is 81.4 cm³/mol. The molecule has 0 bridgehead atoms. The molecule has 0 spiro atoms. The van der Waals surface area contributed by atoms with Crippen LogP contribution in [0.4, 0.5) is 5.82 Å². The summed E-state index contributed by atoms with van der Waals surface area (Å²) >= 11 is 0. The van der Waals surface area contributed by atoms with Crippen molar-refractivity contribution in [1.82, 2.24) is 19.7 Å². The van der Waals surface area contributed by atoms with Crippen molar-refractivity contribution >= 4 is 11.7 Å². The van der Waals surface area contributed by atoms with Crippen LogP contribution in [-0.2, 0) is 11.3 Å². The minimum Gasteiger partial charge on any atom is -0.444 e. The Hall–Kier alpha value is -2.15. The van der Waals surface area contributed by atoms with Gasteiger partial charge in [-0.15, -0.1) is 0 Å². The molecule has 0 radical (unpaired) electrons. The minimum atomic E-state index is -0.104. The molecule has 1 amide bonds. The highest BCUT2D eigenvalue weighted by Crippen LogP contribution is 2.23. The Labute approximate surface area is 129 Å². The quantitative estimate of drug-likeness (QED) is 0.933. The Kier molecular flexibility index (Phi) is 3.98. The fraction of sp³-hybridized carbons (Fsp3) is 0.533. The number of aromatic nitrogens is 3. The molecule has 1 aliphatic rings. The number of nitrogens with zero attached hydrogens (tertiary/aromatic N) is 4. The summed E-state index contributed by atoms with van der Waals surface area (Å²) in [5.74, 6) is 2.16. The van der Waals surface area contributed by atoms with Crippen LogP contribution in [0.25, 0.3) is 0 Å². The van der Waals surface area contributed by atoms with Crippen LogP contribution in [0, 0.1) is 13.8 Å². The fourth-order valence-electron chi connectivity index (χ4n) is 2.76. The van der Waals surface area contributed by atoms with E-state index in [1.165, 1.54) is 6.92 Å². The minimum absolute atomic E-state index is 0.104. The van der Waals surface area contributed by atoms with Crippen LogP contribution in [0.5, 0.6) is 0 Å². The van der Waals surface area contributed by atoms with E-state index in [0.29, 0.717) is 11.9 Å². The van der Waals surface area contributed by atoms with Crippen molar-refractivity contribution in [1.29, 1.82) is 0 Å². The van der Waals surface area contributed by atoms with Crippen molar-refractivity contribution in [2.24, 2.45) is 0 Å². The maximum atomic E-state index is 11.0. The van der Waals surface area contributed by atoms with Crippen molar-refractivity contribution < 1.29 is 9.21 Å². The molecule has 1 unspecified atom stereocenters. The molecular formula is C15H21N5O2. The van der Waals surface area contributed by atoms with Gasteiger partial charge in [-0.1, -0.05) is 0 Å². The molecule has 3 heterocycles. The molecule has 1 aliphatic heterocycles. The van der Waals surface area contributed by atoms with Crippen molar-refractivity contribution in [3.8, 4) is 0 Å². The monoisotopic (exact) mass is 303 g/mol. The van der Waals surface area contributed by atoms with E-state index < -0.39 is 0 Å². The van der Waals surface area contributed by atoms with E-state index in [9.17, 15) is 4.79 Å². The van der Waals surface area contributed by atoms with E-state index >= 15 is 0 Å². The smallest absolute Gasteiger partial charge is 0.222 e. The fourth-order valence-corrected chi connectivity index (χ4v) is 2.76. The molecule has 7 heteroatoms. The largest absolute Gasteiger partial charge is 0.444 e. The highest BCUT2D eigenvalue weighted by atomic mass is 16.4. The number of likely N-dealkylation sites (tertiary alicyclic amines) is 1. The number of hydrogen-bond donors (Lipinski definition) is 1. The molecular weight excluding hydrogens is 282 g/mol.